The van der Waals surface area contributed by atoms with Crippen LogP contribution in [-0.4, -0.2) is 23.3 Å². The number of pyridine rings is 1. The van der Waals surface area contributed by atoms with Gasteiger partial charge in [0, 0.05) is 24.0 Å². The van der Waals surface area contributed by atoms with Crippen LogP contribution >= 0.6 is 0 Å². The first-order valence-corrected chi connectivity index (χ1v) is 9.42. The smallest absolute Gasteiger partial charge is 0.274 e. The standard InChI is InChI=1S/C22H25N3O2/c1-16-7-9-19(10-8-16)25-22(27)20-15-18(12-14-23-20)21(26)24-13-11-17-5-3-2-4-6-17/h5,7-10,12,14-15H,2-4,6,11,13H2,1H3,(H,24,26)(H,25,27). The van der Waals surface area contributed by atoms with Crippen LogP contribution < -0.4 is 10.6 Å². The quantitative estimate of drug-likeness (QED) is 0.753. The molecule has 1 aromatic carbocycles. The average molecular weight is 363 g/mol. The summed E-state index contributed by atoms with van der Waals surface area (Å²) in [7, 11) is 0. The maximum atomic E-state index is 12.4. The van der Waals surface area contributed by atoms with Gasteiger partial charge < -0.3 is 10.6 Å². The molecular weight excluding hydrogens is 338 g/mol. The van der Waals surface area contributed by atoms with Crippen molar-refractivity contribution in [2.24, 2.45) is 0 Å². The Hall–Kier alpha value is -2.95. The third-order valence-corrected chi connectivity index (χ3v) is 4.68. The van der Waals surface area contributed by atoms with E-state index in [1.165, 1.54) is 30.7 Å². The minimum atomic E-state index is -0.333. The number of carbonyl (C=O) groups excluding carboxylic acids is 2. The van der Waals surface area contributed by atoms with Crippen molar-refractivity contribution in [3.05, 3.63) is 71.1 Å². The Morgan fingerprint density at radius 1 is 1.07 bits per heavy atom. The SMILES string of the molecule is Cc1ccc(NC(=O)c2cc(C(=O)NCCC3=CCCCC3)ccn2)cc1. The summed E-state index contributed by atoms with van der Waals surface area (Å²) >= 11 is 0. The Morgan fingerprint density at radius 2 is 1.89 bits per heavy atom. The van der Waals surface area contributed by atoms with E-state index in [9.17, 15) is 9.59 Å². The van der Waals surface area contributed by atoms with Gasteiger partial charge in [-0.3, -0.25) is 14.6 Å². The lowest BCUT2D eigenvalue weighted by Crippen LogP contribution is -2.25. The second-order valence-corrected chi connectivity index (χ2v) is 6.86. The molecule has 0 saturated carbocycles. The summed E-state index contributed by atoms with van der Waals surface area (Å²) in [6, 6.07) is 10.7. The Bertz CT molecular complexity index is 841. The Morgan fingerprint density at radius 3 is 2.63 bits per heavy atom. The molecule has 2 amide bonds. The minimum absolute atomic E-state index is 0.182. The number of anilines is 1. The average Bonchev–Trinajstić information content (AvgIpc) is 2.70. The highest BCUT2D eigenvalue weighted by molar-refractivity contribution is 6.04. The van der Waals surface area contributed by atoms with Crippen LogP contribution in [0.4, 0.5) is 5.69 Å². The summed E-state index contributed by atoms with van der Waals surface area (Å²) in [5, 5.41) is 5.73. The zero-order valence-electron chi connectivity index (χ0n) is 15.6. The molecule has 0 fully saturated rings. The summed E-state index contributed by atoms with van der Waals surface area (Å²) < 4.78 is 0. The highest BCUT2D eigenvalue weighted by Gasteiger charge is 2.12. The molecule has 1 aliphatic rings. The molecule has 0 aliphatic heterocycles. The molecule has 140 valence electrons. The molecular formula is C22H25N3O2. The number of carbonyl (C=O) groups is 2. The Labute approximate surface area is 159 Å². The molecule has 0 unspecified atom stereocenters. The van der Waals surface area contributed by atoms with Crippen molar-refractivity contribution >= 4 is 17.5 Å². The number of benzene rings is 1. The summed E-state index contributed by atoms with van der Waals surface area (Å²) in [6.45, 7) is 2.60. The first kappa shape index (κ1) is 18.8. The Kier molecular flexibility index (Phi) is 6.36. The molecule has 2 aromatic rings. The largest absolute Gasteiger partial charge is 0.352 e. The lowest BCUT2D eigenvalue weighted by Gasteiger charge is -2.13. The number of nitrogens with one attached hydrogen (secondary N) is 2. The number of aryl methyl sites for hydroxylation is 1. The van der Waals surface area contributed by atoms with Crippen LogP contribution in [0.1, 0.15) is 58.5 Å². The summed E-state index contributed by atoms with van der Waals surface area (Å²) in [4.78, 5) is 28.8. The van der Waals surface area contributed by atoms with Gasteiger partial charge in [0.05, 0.1) is 0 Å². The third kappa shape index (κ3) is 5.51. The summed E-state index contributed by atoms with van der Waals surface area (Å²) in [5.74, 6) is -0.515. The maximum Gasteiger partial charge on any atom is 0.274 e. The molecule has 27 heavy (non-hydrogen) atoms. The van der Waals surface area contributed by atoms with Crippen molar-refractivity contribution in [1.29, 1.82) is 0 Å². The number of hydrogen-bond acceptors (Lipinski definition) is 3. The number of allylic oxidation sites excluding steroid dienone is 1. The van der Waals surface area contributed by atoms with Crippen molar-refractivity contribution < 1.29 is 9.59 Å². The van der Waals surface area contributed by atoms with Gasteiger partial charge in [-0.15, -0.1) is 0 Å². The van der Waals surface area contributed by atoms with E-state index in [0.29, 0.717) is 17.8 Å². The predicted molar refractivity (Wildman–Crippen MR) is 107 cm³/mol. The second-order valence-electron chi connectivity index (χ2n) is 6.86. The van der Waals surface area contributed by atoms with Crippen LogP contribution in [0.15, 0.2) is 54.2 Å². The van der Waals surface area contributed by atoms with Gasteiger partial charge in [0.15, 0.2) is 0 Å². The van der Waals surface area contributed by atoms with Crippen LogP contribution in [0.3, 0.4) is 0 Å². The van der Waals surface area contributed by atoms with Gasteiger partial charge in [0.1, 0.15) is 5.69 Å². The fourth-order valence-corrected chi connectivity index (χ4v) is 3.10. The van der Waals surface area contributed by atoms with E-state index < -0.39 is 0 Å². The lowest BCUT2D eigenvalue weighted by atomic mass is 9.97. The van der Waals surface area contributed by atoms with Crippen LogP contribution in [0.5, 0.6) is 0 Å². The van der Waals surface area contributed by atoms with Crippen LogP contribution in [0.2, 0.25) is 0 Å². The molecule has 0 saturated heterocycles. The van der Waals surface area contributed by atoms with Gasteiger partial charge >= 0.3 is 0 Å². The topological polar surface area (TPSA) is 71.1 Å². The van der Waals surface area contributed by atoms with E-state index >= 15 is 0 Å². The van der Waals surface area contributed by atoms with E-state index in [1.54, 1.807) is 6.07 Å². The van der Waals surface area contributed by atoms with E-state index in [2.05, 4.69) is 21.7 Å². The van der Waals surface area contributed by atoms with Crippen molar-refractivity contribution in [3.63, 3.8) is 0 Å². The van der Waals surface area contributed by atoms with Gasteiger partial charge in [-0.1, -0.05) is 29.3 Å². The number of rotatable bonds is 6. The van der Waals surface area contributed by atoms with Crippen molar-refractivity contribution in [2.45, 2.75) is 39.0 Å². The summed E-state index contributed by atoms with van der Waals surface area (Å²) in [5.41, 5.74) is 3.90. The Balaban J connectivity index is 1.57. The second kappa shape index (κ2) is 9.12. The predicted octanol–water partition coefficient (Wildman–Crippen LogP) is 4.26. The normalized spacial score (nSPS) is 13.6. The van der Waals surface area contributed by atoms with E-state index in [0.717, 1.165) is 24.8 Å². The molecule has 5 nitrogen and oxygen atoms in total. The van der Waals surface area contributed by atoms with Crippen molar-refractivity contribution in [1.82, 2.24) is 10.3 Å². The number of nitrogens with zero attached hydrogens (tertiary/aromatic N) is 1. The van der Waals surface area contributed by atoms with Gasteiger partial charge in [-0.25, -0.2) is 0 Å². The van der Waals surface area contributed by atoms with E-state index in [4.69, 9.17) is 0 Å². The number of hydrogen-bond donors (Lipinski definition) is 2. The highest BCUT2D eigenvalue weighted by atomic mass is 16.2. The van der Waals surface area contributed by atoms with Crippen LogP contribution in [0, 0.1) is 6.92 Å². The minimum Gasteiger partial charge on any atom is -0.352 e. The molecule has 0 bridgehead atoms. The van der Waals surface area contributed by atoms with Crippen molar-refractivity contribution in [3.8, 4) is 0 Å². The molecule has 1 heterocycles. The van der Waals surface area contributed by atoms with Gasteiger partial charge in [-0.2, -0.15) is 0 Å². The van der Waals surface area contributed by atoms with Crippen LogP contribution in [0.25, 0.3) is 0 Å². The molecule has 0 radical (unpaired) electrons. The van der Waals surface area contributed by atoms with Crippen LogP contribution in [-0.2, 0) is 0 Å². The molecule has 0 atom stereocenters. The molecule has 3 rings (SSSR count). The third-order valence-electron chi connectivity index (χ3n) is 4.68. The van der Waals surface area contributed by atoms with Crippen molar-refractivity contribution in [2.75, 3.05) is 11.9 Å². The molecule has 1 aliphatic carbocycles. The molecule has 1 aromatic heterocycles. The first-order chi connectivity index (χ1) is 13.1. The fourth-order valence-electron chi connectivity index (χ4n) is 3.10. The zero-order chi connectivity index (χ0) is 19.1. The van der Waals surface area contributed by atoms with E-state index in [-0.39, 0.29) is 17.5 Å². The maximum absolute atomic E-state index is 12.4. The number of amides is 2. The zero-order valence-corrected chi connectivity index (χ0v) is 15.6. The first-order valence-electron chi connectivity index (χ1n) is 9.42. The fraction of sp³-hybridized carbons (Fsp3) is 0.318. The van der Waals surface area contributed by atoms with Gasteiger partial charge in [0.2, 0.25) is 0 Å². The molecule has 5 heteroatoms. The molecule has 2 N–H and O–H groups in total. The summed E-state index contributed by atoms with van der Waals surface area (Å²) in [6.07, 6.45) is 9.45. The van der Waals surface area contributed by atoms with E-state index in [1.807, 2.05) is 31.2 Å². The van der Waals surface area contributed by atoms with Gasteiger partial charge in [-0.05, 0) is 63.3 Å². The lowest BCUT2D eigenvalue weighted by molar-refractivity contribution is 0.0954. The molecule has 0 spiro atoms. The van der Waals surface area contributed by atoms with Gasteiger partial charge in [0.25, 0.3) is 11.8 Å². The number of aromatic nitrogens is 1. The highest BCUT2D eigenvalue weighted by Crippen LogP contribution is 2.19. The monoisotopic (exact) mass is 363 g/mol.